The van der Waals surface area contributed by atoms with Crippen LogP contribution in [0.2, 0.25) is 0 Å². The van der Waals surface area contributed by atoms with E-state index in [4.69, 9.17) is 4.74 Å². The highest BCUT2D eigenvalue weighted by Crippen LogP contribution is 2.51. The smallest absolute Gasteiger partial charge is 0.325 e. The summed E-state index contributed by atoms with van der Waals surface area (Å²) >= 11 is 0. The molecule has 4 unspecified atom stereocenters. The average molecular weight is 495 g/mol. The van der Waals surface area contributed by atoms with Crippen LogP contribution < -0.4 is 10.1 Å². The number of hydrogen-bond donors (Lipinski definition) is 4. The number of hydrogen-bond acceptors (Lipinski definition) is 7. The van der Waals surface area contributed by atoms with Gasteiger partial charge < -0.3 is 20.1 Å². The molecule has 0 radical (unpaired) electrons. The molecular weight excluding hydrogens is 464 g/mol. The van der Waals surface area contributed by atoms with E-state index in [1.165, 1.54) is 30.2 Å². The lowest BCUT2D eigenvalue weighted by Gasteiger charge is -2.34. The Morgan fingerprint density at radius 3 is 2.39 bits per heavy atom. The van der Waals surface area contributed by atoms with Crippen LogP contribution in [0.1, 0.15) is 49.3 Å². The highest BCUT2D eigenvalue weighted by atomic mass is 16.5. The maximum absolute atomic E-state index is 13.9. The largest absolute Gasteiger partial charge is 0.508 e. The van der Waals surface area contributed by atoms with Gasteiger partial charge in [0, 0.05) is 18.5 Å². The summed E-state index contributed by atoms with van der Waals surface area (Å²) in [5.41, 5.74) is -0.574. The van der Waals surface area contributed by atoms with Gasteiger partial charge in [0.15, 0.2) is 11.5 Å². The van der Waals surface area contributed by atoms with Crippen LogP contribution in [0.4, 0.5) is 0 Å². The third kappa shape index (κ3) is 3.78. The zero-order valence-electron chi connectivity index (χ0n) is 20.0. The normalized spacial score (nSPS) is 28.4. The number of likely N-dealkylation sites (tertiary alicyclic amines) is 1. The molecule has 0 bridgehead atoms. The van der Waals surface area contributed by atoms with E-state index >= 15 is 0 Å². The number of aromatic hydroxyl groups is 2. The second-order valence-electron chi connectivity index (χ2n) is 10.0. The van der Waals surface area contributed by atoms with Gasteiger partial charge in [-0.1, -0.05) is 37.5 Å². The van der Waals surface area contributed by atoms with Crippen molar-refractivity contribution in [1.82, 2.24) is 10.2 Å². The van der Waals surface area contributed by atoms with Gasteiger partial charge in [-0.3, -0.25) is 24.6 Å². The predicted octanol–water partition coefficient (Wildman–Crippen LogP) is 2.75. The van der Waals surface area contributed by atoms with E-state index in [0.29, 0.717) is 11.1 Å². The molecule has 2 aromatic rings. The quantitative estimate of drug-likeness (QED) is 0.450. The number of carbonyl (C=O) groups excluding carboxylic acids is 2. The van der Waals surface area contributed by atoms with Crippen LogP contribution in [0.5, 0.6) is 17.2 Å². The molecule has 190 valence electrons. The highest BCUT2D eigenvalue weighted by molar-refractivity contribution is 6.09. The monoisotopic (exact) mass is 494 g/mol. The molecule has 2 aliphatic heterocycles. The first-order chi connectivity index (χ1) is 17.3. The molecule has 2 heterocycles. The Morgan fingerprint density at radius 2 is 1.75 bits per heavy atom. The molecule has 9 nitrogen and oxygen atoms in total. The number of nitrogens with one attached hydrogen (secondary N) is 1. The van der Waals surface area contributed by atoms with Gasteiger partial charge in [0.05, 0.1) is 18.9 Å². The number of carboxylic acids is 1. The van der Waals surface area contributed by atoms with Gasteiger partial charge in [0.2, 0.25) is 11.8 Å². The van der Waals surface area contributed by atoms with Gasteiger partial charge in [0.25, 0.3) is 0 Å². The molecule has 0 aromatic heterocycles. The number of fused-ring (bicyclic) bond motifs is 1. The zero-order valence-corrected chi connectivity index (χ0v) is 20.0. The number of benzene rings is 2. The summed E-state index contributed by atoms with van der Waals surface area (Å²) in [6.45, 7) is 0. The van der Waals surface area contributed by atoms with Gasteiger partial charge in [-0.25, -0.2) is 0 Å². The van der Waals surface area contributed by atoms with E-state index in [1.807, 2.05) is 0 Å². The Hall–Kier alpha value is -3.59. The fourth-order valence-electron chi connectivity index (χ4n) is 6.27. The number of imide groups is 1. The number of amides is 2. The standard InChI is InChI=1S/C27H30N2O7/c1-36-20-13-16(9-12-19(20)31)23-21-22(25(33)29(24(21)32)17-5-3-2-4-6-17)27(28-23,26(34)35)14-15-7-10-18(30)11-8-15/h7-13,17,21-23,28,30-31H,2-6,14H2,1H3,(H,34,35). The summed E-state index contributed by atoms with van der Waals surface area (Å²) in [7, 11) is 1.41. The first-order valence-corrected chi connectivity index (χ1v) is 12.3. The molecule has 5 rings (SSSR count). The van der Waals surface area contributed by atoms with Crippen LogP contribution >= 0.6 is 0 Å². The van der Waals surface area contributed by atoms with Crippen LogP contribution in [0.25, 0.3) is 0 Å². The molecule has 0 spiro atoms. The molecule has 4 N–H and O–H groups in total. The van der Waals surface area contributed by atoms with E-state index in [1.54, 1.807) is 24.3 Å². The van der Waals surface area contributed by atoms with Crippen molar-refractivity contribution in [2.45, 2.75) is 56.1 Å². The van der Waals surface area contributed by atoms with Crippen molar-refractivity contribution in [3.05, 3.63) is 53.6 Å². The Morgan fingerprint density at radius 1 is 1.06 bits per heavy atom. The van der Waals surface area contributed by atoms with E-state index < -0.39 is 35.3 Å². The van der Waals surface area contributed by atoms with Crippen LogP contribution in [0.15, 0.2) is 42.5 Å². The van der Waals surface area contributed by atoms with Gasteiger partial charge >= 0.3 is 5.97 Å². The van der Waals surface area contributed by atoms with Crippen molar-refractivity contribution < 1.29 is 34.4 Å². The van der Waals surface area contributed by atoms with Crippen molar-refractivity contribution in [3.8, 4) is 17.2 Å². The summed E-state index contributed by atoms with van der Waals surface area (Å²) in [4.78, 5) is 42.1. The number of ether oxygens (including phenoxy) is 1. The fourth-order valence-corrected chi connectivity index (χ4v) is 6.27. The molecule has 36 heavy (non-hydrogen) atoms. The number of aliphatic carboxylic acids is 1. The zero-order chi connectivity index (χ0) is 25.6. The van der Waals surface area contributed by atoms with Crippen LogP contribution in [0.3, 0.4) is 0 Å². The van der Waals surface area contributed by atoms with E-state index in [0.717, 1.165) is 32.1 Å². The summed E-state index contributed by atoms with van der Waals surface area (Å²) in [6, 6.07) is 9.80. The highest BCUT2D eigenvalue weighted by Gasteiger charge is 2.69. The lowest BCUT2D eigenvalue weighted by atomic mass is 9.76. The van der Waals surface area contributed by atoms with Gasteiger partial charge in [-0.15, -0.1) is 0 Å². The van der Waals surface area contributed by atoms with Crippen molar-refractivity contribution in [3.63, 3.8) is 0 Å². The van der Waals surface area contributed by atoms with Crippen LogP contribution in [-0.2, 0) is 20.8 Å². The van der Waals surface area contributed by atoms with E-state index in [9.17, 15) is 29.7 Å². The Kier molecular flexibility index (Phi) is 6.12. The van der Waals surface area contributed by atoms with Crippen LogP contribution in [0, 0.1) is 11.8 Å². The molecule has 4 atom stereocenters. The molecule has 9 heteroatoms. The summed E-state index contributed by atoms with van der Waals surface area (Å²) in [6.07, 6.45) is 4.29. The first-order valence-electron chi connectivity index (χ1n) is 12.3. The molecule has 3 fully saturated rings. The minimum atomic E-state index is -1.74. The number of carboxylic acid groups (broad SMARTS) is 1. The Labute approximate surface area is 208 Å². The van der Waals surface area contributed by atoms with Crippen molar-refractivity contribution in [2.24, 2.45) is 11.8 Å². The number of nitrogens with zero attached hydrogens (tertiary/aromatic N) is 1. The first kappa shape index (κ1) is 24.1. The summed E-state index contributed by atoms with van der Waals surface area (Å²) in [5, 5.41) is 33.5. The molecule has 1 aliphatic carbocycles. The Balaban J connectivity index is 1.62. The maximum Gasteiger partial charge on any atom is 0.325 e. The maximum atomic E-state index is 13.9. The van der Waals surface area contributed by atoms with Gasteiger partial charge in [-0.05, 0) is 48.2 Å². The molecule has 2 saturated heterocycles. The topological polar surface area (TPSA) is 136 Å². The number of methoxy groups -OCH3 is 1. The second-order valence-corrected chi connectivity index (χ2v) is 10.0. The molecule has 3 aliphatic rings. The van der Waals surface area contributed by atoms with Crippen LogP contribution in [-0.4, -0.2) is 56.7 Å². The second kappa shape index (κ2) is 9.13. The molecule has 1 saturated carbocycles. The molecule has 2 amide bonds. The minimum absolute atomic E-state index is 0.0463. The van der Waals surface area contributed by atoms with E-state index in [2.05, 4.69) is 5.32 Å². The third-order valence-corrected chi connectivity index (χ3v) is 7.99. The molecule has 2 aromatic carbocycles. The van der Waals surface area contributed by atoms with Gasteiger partial charge in [-0.2, -0.15) is 0 Å². The number of rotatable bonds is 6. The average Bonchev–Trinajstić information content (AvgIpc) is 3.35. The van der Waals surface area contributed by atoms with Crippen molar-refractivity contribution in [2.75, 3.05) is 7.11 Å². The lowest BCUT2D eigenvalue weighted by Crippen LogP contribution is -2.58. The third-order valence-electron chi connectivity index (χ3n) is 7.99. The lowest BCUT2D eigenvalue weighted by molar-refractivity contribution is -0.152. The summed E-state index contributed by atoms with van der Waals surface area (Å²) < 4.78 is 5.25. The Bertz CT molecular complexity index is 1190. The number of carbonyl (C=O) groups is 3. The molecular formula is C27H30N2O7. The SMILES string of the molecule is COc1cc(C2NC(Cc3ccc(O)cc3)(C(=O)O)C3C(=O)N(C4CCCCC4)C(=O)C23)ccc1O. The minimum Gasteiger partial charge on any atom is -0.508 e. The number of phenolic OH excluding ortho intramolecular Hbond substituents is 2. The predicted molar refractivity (Wildman–Crippen MR) is 128 cm³/mol. The summed E-state index contributed by atoms with van der Waals surface area (Å²) in [5.74, 6) is -3.88. The van der Waals surface area contributed by atoms with Crippen molar-refractivity contribution in [1.29, 1.82) is 0 Å². The fraction of sp³-hybridized carbons (Fsp3) is 0.444. The van der Waals surface area contributed by atoms with E-state index in [-0.39, 0.29) is 35.6 Å². The van der Waals surface area contributed by atoms with Gasteiger partial charge in [0.1, 0.15) is 11.3 Å². The number of phenols is 2. The van der Waals surface area contributed by atoms with Crippen molar-refractivity contribution >= 4 is 17.8 Å².